The van der Waals surface area contributed by atoms with Gasteiger partial charge in [0.25, 0.3) is 0 Å². The van der Waals surface area contributed by atoms with Crippen LogP contribution >= 0.6 is 15.9 Å². The summed E-state index contributed by atoms with van der Waals surface area (Å²) in [6.07, 6.45) is 2.37. The summed E-state index contributed by atoms with van der Waals surface area (Å²) in [5.74, 6) is 0.667. The maximum atomic E-state index is 5.72. The lowest BCUT2D eigenvalue weighted by atomic mass is 10.0. The molecule has 1 rings (SSSR count). The molecule has 1 unspecified atom stereocenters. The average Bonchev–Trinajstić information content (AvgIpc) is 2.30. The van der Waals surface area contributed by atoms with Gasteiger partial charge in [-0.05, 0) is 50.2 Å². The van der Waals surface area contributed by atoms with E-state index in [1.807, 2.05) is 0 Å². The molecule has 0 radical (unpaired) electrons. The molecule has 1 aromatic carbocycles. The Labute approximate surface area is 113 Å². The maximum Gasteiger partial charge on any atom is 0.0231 e. The van der Waals surface area contributed by atoms with E-state index >= 15 is 0 Å². The molecule has 0 aliphatic carbocycles. The van der Waals surface area contributed by atoms with Gasteiger partial charge in [-0.1, -0.05) is 41.4 Å². The van der Waals surface area contributed by atoms with Crippen molar-refractivity contribution in [2.75, 3.05) is 20.1 Å². The van der Waals surface area contributed by atoms with E-state index in [0.29, 0.717) is 5.92 Å². The number of benzene rings is 1. The lowest BCUT2D eigenvalue weighted by molar-refractivity contribution is 0.292. The number of nitrogens with two attached hydrogens (primary N) is 1. The average molecular weight is 299 g/mol. The van der Waals surface area contributed by atoms with Crippen LogP contribution in [0.2, 0.25) is 0 Å². The molecule has 3 heteroatoms. The molecule has 1 aromatic rings. The fraction of sp³-hybridized carbons (Fsp3) is 0.571. The van der Waals surface area contributed by atoms with Crippen molar-refractivity contribution in [3.8, 4) is 0 Å². The summed E-state index contributed by atoms with van der Waals surface area (Å²) in [7, 11) is 2.17. The van der Waals surface area contributed by atoms with Gasteiger partial charge in [0, 0.05) is 11.0 Å². The summed E-state index contributed by atoms with van der Waals surface area (Å²) in [6.45, 7) is 5.13. The van der Waals surface area contributed by atoms with Gasteiger partial charge in [0.1, 0.15) is 0 Å². The second-order valence-corrected chi connectivity index (χ2v) is 5.58. The van der Waals surface area contributed by atoms with Crippen molar-refractivity contribution in [1.82, 2.24) is 4.90 Å². The third kappa shape index (κ3) is 5.66. The normalized spacial score (nSPS) is 13.0. The summed E-state index contributed by atoms with van der Waals surface area (Å²) in [5.41, 5.74) is 7.07. The zero-order valence-electron chi connectivity index (χ0n) is 10.8. The molecular formula is C14H23BrN2. The van der Waals surface area contributed by atoms with Crippen molar-refractivity contribution in [3.63, 3.8) is 0 Å². The first kappa shape index (κ1) is 14.7. The molecule has 0 saturated carbocycles. The van der Waals surface area contributed by atoms with Crippen LogP contribution in [0.4, 0.5) is 0 Å². The van der Waals surface area contributed by atoms with Crippen LogP contribution in [-0.2, 0) is 6.54 Å². The molecule has 0 fully saturated rings. The smallest absolute Gasteiger partial charge is 0.0231 e. The van der Waals surface area contributed by atoms with Crippen molar-refractivity contribution < 1.29 is 0 Å². The molecule has 0 aromatic heterocycles. The Morgan fingerprint density at radius 2 is 2.18 bits per heavy atom. The molecule has 0 aliphatic heterocycles. The Kier molecular flexibility index (Phi) is 6.78. The first-order valence-corrected chi connectivity index (χ1v) is 7.08. The molecule has 0 aliphatic rings. The lowest BCUT2D eigenvalue weighted by Gasteiger charge is -2.20. The highest BCUT2D eigenvalue weighted by Gasteiger charge is 2.06. The molecular weight excluding hydrogens is 276 g/mol. The molecule has 1 atom stereocenters. The van der Waals surface area contributed by atoms with Gasteiger partial charge in [0.15, 0.2) is 0 Å². The van der Waals surface area contributed by atoms with Gasteiger partial charge in [0.2, 0.25) is 0 Å². The Morgan fingerprint density at radius 3 is 2.76 bits per heavy atom. The standard InChI is InChI=1S/C14H23BrN2/c1-3-12(10-16)7-8-17(2)11-13-5-4-6-14(15)9-13/h4-6,9,12H,3,7-8,10-11,16H2,1-2H3. The zero-order valence-corrected chi connectivity index (χ0v) is 12.4. The minimum absolute atomic E-state index is 0.667. The van der Waals surface area contributed by atoms with Crippen LogP contribution < -0.4 is 5.73 Å². The van der Waals surface area contributed by atoms with E-state index in [-0.39, 0.29) is 0 Å². The van der Waals surface area contributed by atoms with Crippen LogP contribution in [0.25, 0.3) is 0 Å². The fourth-order valence-electron chi connectivity index (χ4n) is 1.92. The predicted molar refractivity (Wildman–Crippen MR) is 77.9 cm³/mol. The Balaban J connectivity index is 2.36. The highest BCUT2D eigenvalue weighted by atomic mass is 79.9. The van der Waals surface area contributed by atoms with E-state index in [1.54, 1.807) is 0 Å². The van der Waals surface area contributed by atoms with Crippen molar-refractivity contribution in [2.45, 2.75) is 26.3 Å². The molecule has 96 valence electrons. The predicted octanol–water partition coefficient (Wildman–Crippen LogP) is 3.26. The lowest BCUT2D eigenvalue weighted by Crippen LogP contribution is -2.24. The van der Waals surface area contributed by atoms with Crippen molar-refractivity contribution >= 4 is 15.9 Å². The van der Waals surface area contributed by atoms with E-state index < -0.39 is 0 Å². The van der Waals surface area contributed by atoms with Gasteiger partial charge in [-0.3, -0.25) is 0 Å². The van der Waals surface area contributed by atoms with Crippen LogP contribution in [0.15, 0.2) is 28.7 Å². The SMILES string of the molecule is CCC(CN)CCN(C)Cc1cccc(Br)c1. The van der Waals surface area contributed by atoms with Crippen LogP contribution in [0.1, 0.15) is 25.3 Å². The molecule has 0 heterocycles. The van der Waals surface area contributed by atoms with Crippen LogP contribution in [0.5, 0.6) is 0 Å². The van der Waals surface area contributed by atoms with Crippen LogP contribution in [0, 0.1) is 5.92 Å². The van der Waals surface area contributed by atoms with Crippen molar-refractivity contribution in [1.29, 1.82) is 0 Å². The summed E-state index contributed by atoms with van der Waals surface area (Å²) in [5, 5.41) is 0. The van der Waals surface area contributed by atoms with Crippen molar-refractivity contribution in [2.24, 2.45) is 11.7 Å². The van der Waals surface area contributed by atoms with Gasteiger partial charge in [0.05, 0.1) is 0 Å². The van der Waals surface area contributed by atoms with Gasteiger partial charge >= 0.3 is 0 Å². The summed E-state index contributed by atoms with van der Waals surface area (Å²) in [6, 6.07) is 8.49. The molecule has 17 heavy (non-hydrogen) atoms. The summed E-state index contributed by atoms with van der Waals surface area (Å²) >= 11 is 3.50. The van der Waals surface area contributed by atoms with Crippen molar-refractivity contribution in [3.05, 3.63) is 34.3 Å². The fourth-order valence-corrected chi connectivity index (χ4v) is 2.36. The second-order valence-electron chi connectivity index (χ2n) is 4.67. The largest absolute Gasteiger partial charge is 0.330 e. The second kappa shape index (κ2) is 7.85. The number of rotatable bonds is 7. The van der Waals surface area contributed by atoms with Crippen LogP contribution in [0.3, 0.4) is 0 Å². The highest BCUT2D eigenvalue weighted by molar-refractivity contribution is 9.10. The maximum absolute atomic E-state index is 5.72. The number of hydrogen-bond donors (Lipinski definition) is 1. The Hall–Kier alpha value is -0.380. The number of halogens is 1. The minimum Gasteiger partial charge on any atom is -0.330 e. The monoisotopic (exact) mass is 298 g/mol. The first-order valence-electron chi connectivity index (χ1n) is 6.28. The molecule has 2 nitrogen and oxygen atoms in total. The zero-order chi connectivity index (χ0) is 12.7. The highest BCUT2D eigenvalue weighted by Crippen LogP contribution is 2.14. The summed E-state index contributed by atoms with van der Waals surface area (Å²) < 4.78 is 1.15. The third-order valence-electron chi connectivity index (χ3n) is 3.17. The van der Waals surface area contributed by atoms with E-state index in [2.05, 4.69) is 59.1 Å². The molecule has 2 N–H and O–H groups in total. The van der Waals surface area contributed by atoms with E-state index in [0.717, 1.165) is 24.1 Å². The number of hydrogen-bond acceptors (Lipinski definition) is 2. The van der Waals surface area contributed by atoms with Crippen LogP contribution in [-0.4, -0.2) is 25.0 Å². The molecule has 0 amide bonds. The van der Waals surface area contributed by atoms with Gasteiger partial charge in [-0.25, -0.2) is 0 Å². The molecule has 0 spiro atoms. The van der Waals surface area contributed by atoms with Gasteiger partial charge in [-0.15, -0.1) is 0 Å². The number of nitrogens with zero attached hydrogens (tertiary/aromatic N) is 1. The Bertz CT molecular complexity index is 324. The Morgan fingerprint density at radius 1 is 1.41 bits per heavy atom. The minimum atomic E-state index is 0.667. The van der Waals surface area contributed by atoms with Gasteiger partial charge < -0.3 is 10.6 Å². The molecule has 0 saturated heterocycles. The van der Waals surface area contributed by atoms with Gasteiger partial charge in [-0.2, -0.15) is 0 Å². The summed E-state index contributed by atoms with van der Waals surface area (Å²) in [4.78, 5) is 2.36. The van der Waals surface area contributed by atoms with E-state index in [4.69, 9.17) is 5.73 Å². The third-order valence-corrected chi connectivity index (χ3v) is 3.66. The van der Waals surface area contributed by atoms with E-state index in [9.17, 15) is 0 Å². The van der Waals surface area contributed by atoms with E-state index in [1.165, 1.54) is 18.4 Å². The molecule has 0 bridgehead atoms. The first-order chi connectivity index (χ1) is 8.15. The quantitative estimate of drug-likeness (QED) is 0.837. The topological polar surface area (TPSA) is 29.3 Å².